The van der Waals surface area contributed by atoms with Gasteiger partial charge in [-0.05, 0) is 24.3 Å². The van der Waals surface area contributed by atoms with Gasteiger partial charge in [0.25, 0.3) is 5.91 Å². The van der Waals surface area contributed by atoms with Gasteiger partial charge >= 0.3 is 0 Å². The number of benzene rings is 1. The molecule has 0 atom stereocenters. The van der Waals surface area contributed by atoms with E-state index in [1.165, 1.54) is 0 Å². The maximum absolute atomic E-state index is 11.9. The Morgan fingerprint density at radius 1 is 1.06 bits per heavy atom. The van der Waals surface area contributed by atoms with Gasteiger partial charge in [-0.2, -0.15) is 0 Å². The molecule has 2 N–H and O–H groups in total. The number of aromatic nitrogens is 1. The number of nitrogens with two attached hydrogens (primary N) is 1. The number of nitrogens with zero attached hydrogens (tertiary/aromatic N) is 2. The molecule has 1 aromatic heterocycles. The van der Waals surface area contributed by atoms with E-state index in [1.807, 2.05) is 18.2 Å². The van der Waals surface area contributed by atoms with Crippen LogP contribution in [0.3, 0.4) is 0 Å². The summed E-state index contributed by atoms with van der Waals surface area (Å²) in [7, 11) is 0. The van der Waals surface area contributed by atoms with Crippen LogP contribution in [-0.2, 0) is 0 Å². The Balaban J connectivity index is 2.24. The minimum Gasteiger partial charge on any atom is -0.265 e. The largest absolute Gasteiger partial charge is 0.291 e. The first-order valence-electron chi connectivity index (χ1n) is 4.84. The van der Waals surface area contributed by atoms with Crippen LogP contribution >= 0.6 is 0 Å². The topological polar surface area (TPSA) is 59.2 Å². The average molecular weight is 213 g/mol. The molecule has 4 nitrogen and oxygen atoms in total. The van der Waals surface area contributed by atoms with Crippen molar-refractivity contribution in [3.05, 3.63) is 60.4 Å². The smallest absolute Gasteiger partial charge is 0.265 e. The summed E-state index contributed by atoms with van der Waals surface area (Å²) in [6.07, 6.45) is 1.56. The standard InChI is InChI=1S/C12H11N3O/c13-15(10-6-2-1-3-7-10)12(16)11-8-4-5-9-14-11/h1-9H,13H2. The van der Waals surface area contributed by atoms with Crippen molar-refractivity contribution in [3.8, 4) is 0 Å². The molecule has 2 rings (SSSR count). The molecule has 16 heavy (non-hydrogen) atoms. The highest BCUT2D eigenvalue weighted by Crippen LogP contribution is 2.11. The highest BCUT2D eigenvalue weighted by Gasteiger charge is 2.14. The van der Waals surface area contributed by atoms with Gasteiger partial charge in [-0.25, -0.2) is 10.9 Å². The van der Waals surface area contributed by atoms with Crippen molar-refractivity contribution in [1.82, 2.24) is 4.98 Å². The van der Waals surface area contributed by atoms with E-state index in [-0.39, 0.29) is 5.91 Å². The van der Waals surface area contributed by atoms with Crippen LogP contribution in [0, 0.1) is 0 Å². The van der Waals surface area contributed by atoms with E-state index in [9.17, 15) is 4.79 Å². The number of pyridine rings is 1. The lowest BCUT2D eigenvalue weighted by molar-refractivity contribution is 0.0982. The lowest BCUT2D eigenvalue weighted by atomic mass is 10.3. The molecule has 0 spiro atoms. The Morgan fingerprint density at radius 3 is 2.38 bits per heavy atom. The summed E-state index contributed by atoms with van der Waals surface area (Å²) in [5.74, 6) is 5.39. The summed E-state index contributed by atoms with van der Waals surface area (Å²) in [4.78, 5) is 15.8. The van der Waals surface area contributed by atoms with Gasteiger partial charge in [-0.15, -0.1) is 0 Å². The van der Waals surface area contributed by atoms with Gasteiger partial charge in [0.1, 0.15) is 5.69 Å². The average Bonchev–Trinajstić information content (AvgIpc) is 2.39. The summed E-state index contributed by atoms with van der Waals surface area (Å²) >= 11 is 0. The second-order valence-corrected chi connectivity index (χ2v) is 3.23. The third-order valence-electron chi connectivity index (χ3n) is 2.14. The number of rotatable bonds is 2. The third kappa shape index (κ3) is 2.07. The summed E-state index contributed by atoms with van der Waals surface area (Å²) in [6.45, 7) is 0. The molecule has 0 saturated carbocycles. The fraction of sp³-hybridized carbons (Fsp3) is 0. The van der Waals surface area contributed by atoms with Crippen LogP contribution in [0.1, 0.15) is 10.5 Å². The van der Waals surface area contributed by atoms with Crippen molar-refractivity contribution in [2.75, 3.05) is 5.01 Å². The van der Waals surface area contributed by atoms with Crippen LogP contribution in [0.2, 0.25) is 0 Å². The monoisotopic (exact) mass is 213 g/mol. The van der Waals surface area contributed by atoms with E-state index < -0.39 is 0 Å². The molecule has 0 aliphatic rings. The fourth-order valence-electron chi connectivity index (χ4n) is 1.32. The summed E-state index contributed by atoms with van der Waals surface area (Å²) in [5.41, 5.74) is 0.965. The Morgan fingerprint density at radius 2 is 1.75 bits per heavy atom. The van der Waals surface area contributed by atoms with Crippen molar-refractivity contribution in [1.29, 1.82) is 0 Å². The molecule has 4 heteroatoms. The zero-order valence-corrected chi connectivity index (χ0v) is 8.58. The van der Waals surface area contributed by atoms with Gasteiger partial charge in [0, 0.05) is 6.20 Å². The van der Waals surface area contributed by atoms with Crippen molar-refractivity contribution >= 4 is 11.6 Å². The Hall–Kier alpha value is -2.20. The highest BCUT2D eigenvalue weighted by molar-refractivity contribution is 6.03. The molecule has 0 fully saturated rings. The Labute approximate surface area is 93.3 Å². The Bertz CT molecular complexity index is 470. The van der Waals surface area contributed by atoms with E-state index >= 15 is 0 Å². The van der Waals surface area contributed by atoms with Gasteiger partial charge in [-0.3, -0.25) is 9.78 Å². The number of hydrazine groups is 1. The molecule has 0 bridgehead atoms. The minimum atomic E-state index is -0.327. The van der Waals surface area contributed by atoms with E-state index in [0.29, 0.717) is 11.4 Å². The van der Waals surface area contributed by atoms with Crippen LogP contribution in [0.4, 0.5) is 5.69 Å². The zero-order valence-electron chi connectivity index (χ0n) is 8.58. The highest BCUT2D eigenvalue weighted by atomic mass is 16.2. The van der Waals surface area contributed by atoms with Crippen molar-refractivity contribution in [2.24, 2.45) is 5.84 Å². The molecule has 0 saturated heterocycles. The number of hydrogen-bond acceptors (Lipinski definition) is 3. The second-order valence-electron chi connectivity index (χ2n) is 3.23. The number of carbonyl (C=O) groups excluding carboxylic acids is 1. The summed E-state index contributed by atoms with van der Waals surface area (Å²) in [6, 6.07) is 14.2. The van der Waals surface area contributed by atoms with E-state index in [0.717, 1.165) is 5.01 Å². The number of amides is 1. The molecular formula is C12H11N3O. The number of carbonyl (C=O) groups is 1. The molecule has 1 amide bonds. The van der Waals surface area contributed by atoms with E-state index in [2.05, 4.69) is 4.98 Å². The van der Waals surface area contributed by atoms with Crippen LogP contribution in [-0.4, -0.2) is 10.9 Å². The molecule has 0 unspecified atom stereocenters. The van der Waals surface area contributed by atoms with Gasteiger partial charge in [-0.1, -0.05) is 24.3 Å². The van der Waals surface area contributed by atoms with Crippen LogP contribution in [0.25, 0.3) is 0 Å². The van der Waals surface area contributed by atoms with Crippen LogP contribution in [0.15, 0.2) is 54.7 Å². The van der Waals surface area contributed by atoms with Gasteiger partial charge in [0.2, 0.25) is 0 Å². The first kappa shape index (κ1) is 10.3. The lowest BCUT2D eigenvalue weighted by Gasteiger charge is -2.15. The number of para-hydroxylation sites is 1. The second kappa shape index (κ2) is 4.55. The van der Waals surface area contributed by atoms with Crippen LogP contribution in [0.5, 0.6) is 0 Å². The molecule has 1 aromatic carbocycles. The molecule has 0 radical (unpaired) electrons. The third-order valence-corrected chi connectivity index (χ3v) is 2.14. The predicted octanol–water partition coefficient (Wildman–Crippen LogP) is 1.60. The van der Waals surface area contributed by atoms with E-state index in [4.69, 9.17) is 5.84 Å². The molecule has 0 aliphatic heterocycles. The summed E-state index contributed by atoms with van der Waals surface area (Å²) < 4.78 is 0. The molecular weight excluding hydrogens is 202 g/mol. The Kier molecular flexibility index (Phi) is 2.93. The number of hydrogen-bond donors (Lipinski definition) is 1. The quantitative estimate of drug-likeness (QED) is 0.468. The van der Waals surface area contributed by atoms with Crippen molar-refractivity contribution in [3.63, 3.8) is 0 Å². The molecule has 80 valence electrons. The molecule has 2 aromatic rings. The lowest BCUT2D eigenvalue weighted by Crippen LogP contribution is -2.37. The number of anilines is 1. The van der Waals surface area contributed by atoms with Gasteiger partial charge < -0.3 is 0 Å². The van der Waals surface area contributed by atoms with Crippen LogP contribution < -0.4 is 10.9 Å². The SMILES string of the molecule is NN(C(=O)c1ccccn1)c1ccccc1. The maximum atomic E-state index is 11.9. The fourth-order valence-corrected chi connectivity index (χ4v) is 1.32. The van der Waals surface area contributed by atoms with E-state index in [1.54, 1.807) is 36.5 Å². The maximum Gasteiger partial charge on any atom is 0.291 e. The van der Waals surface area contributed by atoms with Gasteiger partial charge in [0.05, 0.1) is 5.69 Å². The normalized spacial score (nSPS) is 9.81. The first-order chi connectivity index (χ1) is 7.79. The van der Waals surface area contributed by atoms with Crippen molar-refractivity contribution in [2.45, 2.75) is 0 Å². The zero-order chi connectivity index (χ0) is 11.4. The van der Waals surface area contributed by atoms with Crippen molar-refractivity contribution < 1.29 is 4.79 Å². The molecule has 1 heterocycles. The minimum absolute atomic E-state index is 0.327. The summed E-state index contributed by atoms with van der Waals surface area (Å²) in [5, 5.41) is 1.09. The molecule has 0 aliphatic carbocycles. The first-order valence-corrected chi connectivity index (χ1v) is 4.84. The predicted molar refractivity (Wildman–Crippen MR) is 61.7 cm³/mol. The van der Waals surface area contributed by atoms with Gasteiger partial charge in [0.15, 0.2) is 0 Å².